The third-order valence-corrected chi connectivity index (χ3v) is 4.44. The lowest BCUT2D eigenvalue weighted by molar-refractivity contribution is -0.146. The van der Waals surface area contributed by atoms with Gasteiger partial charge in [0.05, 0.1) is 11.8 Å². The van der Waals surface area contributed by atoms with Gasteiger partial charge in [-0.3, -0.25) is 9.59 Å². The van der Waals surface area contributed by atoms with E-state index in [0.29, 0.717) is 12.5 Å². The molecule has 24 heavy (non-hydrogen) atoms. The molecule has 0 radical (unpaired) electrons. The molecule has 4 nitrogen and oxygen atoms in total. The van der Waals surface area contributed by atoms with Crippen LogP contribution in [-0.4, -0.2) is 23.2 Å². The number of amides is 1. The third-order valence-electron chi connectivity index (χ3n) is 3.06. The van der Waals surface area contributed by atoms with Crippen LogP contribution in [-0.2, 0) is 14.3 Å². The smallest absolute Gasteiger partial charge is 0.319 e. The Labute approximate surface area is 145 Å². The summed E-state index contributed by atoms with van der Waals surface area (Å²) >= 11 is 0.956. The van der Waals surface area contributed by atoms with Gasteiger partial charge in [0.2, 0.25) is 5.91 Å². The number of halogens is 2. The highest BCUT2D eigenvalue weighted by Crippen LogP contribution is 2.32. The fourth-order valence-electron chi connectivity index (χ4n) is 1.75. The molecule has 0 spiro atoms. The Kier molecular flexibility index (Phi) is 7.66. The minimum Gasteiger partial charge on any atom is -0.462 e. The number of esters is 1. The van der Waals surface area contributed by atoms with Gasteiger partial charge in [-0.25, -0.2) is 8.78 Å². The molecule has 0 aliphatic heterocycles. The summed E-state index contributed by atoms with van der Waals surface area (Å²) in [6, 6.07) is 1.92. The second-order valence-electron chi connectivity index (χ2n) is 5.91. The van der Waals surface area contributed by atoms with Crippen LogP contribution in [0.2, 0.25) is 0 Å². The van der Waals surface area contributed by atoms with E-state index in [1.807, 2.05) is 0 Å². The van der Waals surface area contributed by atoms with Gasteiger partial charge in [-0.15, -0.1) is 11.8 Å². The zero-order chi connectivity index (χ0) is 18.4. The number of carbonyl (C=O) groups is 2. The van der Waals surface area contributed by atoms with Gasteiger partial charge < -0.3 is 10.1 Å². The van der Waals surface area contributed by atoms with Crippen LogP contribution in [0.15, 0.2) is 17.0 Å². The standard InChI is InChI=1S/C17H23F2NO3S/c1-6-14(17(22)23-10(4)5)24-15-8-13(11(18)7-12(15)19)20-16(21)9(2)3/h7-10,14H,6H2,1-5H3,(H,20,21). The van der Waals surface area contributed by atoms with Gasteiger partial charge in [-0.1, -0.05) is 20.8 Å². The summed E-state index contributed by atoms with van der Waals surface area (Å²) in [5.41, 5.74) is -0.107. The highest BCUT2D eigenvalue weighted by Gasteiger charge is 2.23. The lowest BCUT2D eigenvalue weighted by atomic mass is 10.2. The molecular weight excluding hydrogens is 336 g/mol. The molecule has 0 bridgehead atoms. The minimum absolute atomic E-state index is 0.0861. The summed E-state index contributed by atoms with van der Waals surface area (Å²) < 4.78 is 33.0. The molecule has 0 aliphatic carbocycles. The van der Waals surface area contributed by atoms with Crippen molar-refractivity contribution in [3.63, 3.8) is 0 Å². The highest BCUT2D eigenvalue weighted by atomic mass is 32.2. The first kappa shape index (κ1) is 20.4. The van der Waals surface area contributed by atoms with Gasteiger partial charge in [0.25, 0.3) is 0 Å². The van der Waals surface area contributed by atoms with E-state index in [1.54, 1.807) is 34.6 Å². The molecule has 1 aromatic carbocycles. The van der Waals surface area contributed by atoms with Crippen molar-refractivity contribution in [1.82, 2.24) is 0 Å². The first-order valence-electron chi connectivity index (χ1n) is 7.82. The lowest BCUT2D eigenvalue weighted by Gasteiger charge is -2.17. The highest BCUT2D eigenvalue weighted by molar-refractivity contribution is 8.00. The van der Waals surface area contributed by atoms with Crippen LogP contribution in [0.3, 0.4) is 0 Å². The van der Waals surface area contributed by atoms with Crippen LogP contribution >= 0.6 is 11.8 Å². The van der Waals surface area contributed by atoms with E-state index in [9.17, 15) is 18.4 Å². The molecule has 134 valence electrons. The number of nitrogens with one attached hydrogen (secondary N) is 1. The van der Waals surface area contributed by atoms with E-state index in [4.69, 9.17) is 4.74 Å². The van der Waals surface area contributed by atoms with E-state index in [0.717, 1.165) is 11.8 Å². The van der Waals surface area contributed by atoms with Crippen LogP contribution < -0.4 is 5.32 Å². The number of hydrogen-bond acceptors (Lipinski definition) is 4. The number of carbonyl (C=O) groups excluding carboxylic acids is 2. The fraction of sp³-hybridized carbons (Fsp3) is 0.529. The zero-order valence-corrected chi connectivity index (χ0v) is 15.3. The monoisotopic (exact) mass is 359 g/mol. The van der Waals surface area contributed by atoms with E-state index in [1.165, 1.54) is 6.07 Å². The number of rotatable bonds is 7. The average Bonchev–Trinajstić information content (AvgIpc) is 2.47. The van der Waals surface area contributed by atoms with Crippen molar-refractivity contribution < 1.29 is 23.1 Å². The van der Waals surface area contributed by atoms with E-state index >= 15 is 0 Å². The van der Waals surface area contributed by atoms with Crippen molar-refractivity contribution in [3.8, 4) is 0 Å². The molecule has 1 atom stereocenters. The Hall–Kier alpha value is -1.63. The predicted molar refractivity (Wildman–Crippen MR) is 91.0 cm³/mol. The minimum atomic E-state index is -0.858. The molecule has 0 aliphatic rings. The molecule has 1 N–H and O–H groups in total. The van der Waals surface area contributed by atoms with Crippen molar-refractivity contribution in [2.75, 3.05) is 5.32 Å². The molecule has 1 aromatic rings. The maximum absolute atomic E-state index is 14.0. The SMILES string of the molecule is CCC(Sc1cc(NC(=O)C(C)C)c(F)cc1F)C(=O)OC(C)C. The van der Waals surface area contributed by atoms with Crippen molar-refractivity contribution in [2.45, 2.75) is 57.3 Å². The van der Waals surface area contributed by atoms with Crippen LogP contribution in [0.4, 0.5) is 14.5 Å². The summed E-state index contributed by atoms with van der Waals surface area (Å²) in [5, 5.41) is 1.81. The largest absolute Gasteiger partial charge is 0.462 e. The first-order chi connectivity index (χ1) is 11.1. The molecule has 0 aromatic heterocycles. The molecule has 0 fully saturated rings. The van der Waals surface area contributed by atoms with E-state index < -0.39 is 22.9 Å². The topological polar surface area (TPSA) is 55.4 Å². The predicted octanol–water partition coefficient (Wildman–Crippen LogP) is 4.38. The van der Waals surface area contributed by atoms with Crippen LogP contribution in [0.25, 0.3) is 0 Å². The third kappa shape index (κ3) is 5.78. The number of thioether (sulfide) groups is 1. The molecular formula is C17H23F2NO3S. The number of hydrogen-bond donors (Lipinski definition) is 1. The number of benzene rings is 1. The van der Waals surface area contributed by atoms with Crippen molar-refractivity contribution in [1.29, 1.82) is 0 Å². The Morgan fingerprint density at radius 1 is 1.17 bits per heavy atom. The Morgan fingerprint density at radius 2 is 1.79 bits per heavy atom. The Balaban J connectivity index is 3.01. The summed E-state index contributed by atoms with van der Waals surface area (Å²) in [7, 11) is 0. The summed E-state index contributed by atoms with van der Waals surface area (Å²) in [6.45, 7) is 8.58. The Morgan fingerprint density at radius 3 is 2.29 bits per heavy atom. The van der Waals surface area contributed by atoms with Gasteiger partial charge in [-0.05, 0) is 26.3 Å². The molecule has 0 saturated heterocycles. The second kappa shape index (κ2) is 9.01. The van der Waals surface area contributed by atoms with Crippen molar-refractivity contribution >= 4 is 29.3 Å². The molecule has 1 amide bonds. The normalized spacial score (nSPS) is 12.4. The van der Waals surface area contributed by atoms with Crippen LogP contribution in [0, 0.1) is 17.6 Å². The maximum Gasteiger partial charge on any atom is 0.319 e. The zero-order valence-electron chi connectivity index (χ0n) is 14.5. The van der Waals surface area contributed by atoms with Gasteiger partial charge in [-0.2, -0.15) is 0 Å². The molecule has 0 saturated carbocycles. The second-order valence-corrected chi connectivity index (χ2v) is 7.15. The summed E-state index contributed by atoms with van der Waals surface area (Å²) in [4.78, 5) is 23.8. The van der Waals surface area contributed by atoms with Crippen molar-refractivity contribution in [3.05, 3.63) is 23.8 Å². The molecule has 1 unspecified atom stereocenters. The summed E-state index contributed by atoms with van der Waals surface area (Å²) in [6.07, 6.45) is 0.159. The molecule has 1 rings (SSSR count). The fourth-order valence-corrected chi connectivity index (χ4v) is 2.73. The van der Waals surface area contributed by atoms with Gasteiger partial charge in [0.15, 0.2) is 0 Å². The Bertz CT molecular complexity index is 606. The molecule has 7 heteroatoms. The molecule has 0 heterocycles. The van der Waals surface area contributed by atoms with E-state index in [2.05, 4.69) is 5.32 Å². The van der Waals surface area contributed by atoms with Gasteiger partial charge >= 0.3 is 5.97 Å². The van der Waals surface area contributed by atoms with Gasteiger partial charge in [0.1, 0.15) is 16.9 Å². The van der Waals surface area contributed by atoms with E-state index in [-0.39, 0.29) is 28.5 Å². The van der Waals surface area contributed by atoms with Crippen molar-refractivity contribution in [2.24, 2.45) is 5.92 Å². The average molecular weight is 359 g/mol. The van der Waals surface area contributed by atoms with Crippen LogP contribution in [0.5, 0.6) is 0 Å². The first-order valence-corrected chi connectivity index (χ1v) is 8.70. The number of anilines is 1. The maximum atomic E-state index is 14.0. The number of ether oxygens (including phenoxy) is 1. The van der Waals surface area contributed by atoms with Crippen LogP contribution in [0.1, 0.15) is 41.0 Å². The summed E-state index contributed by atoms with van der Waals surface area (Å²) in [5.74, 6) is -2.80. The lowest BCUT2D eigenvalue weighted by Crippen LogP contribution is -2.23. The van der Waals surface area contributed by atoms with Gasteiger partial charge in [0, 0.05) is 16.9 Å². The quantitative estimate of drug-likeness (QED) is 0.580.